The van der Waals surface area contributed by atoms with Crippen LogP contribution in [0.4, 0.5) is 5.69 Å². The summed E-state index contributed by atoms with van der Waals surface area (Å²) in [5, 5.41) is 11.6. The maximum atomic E-state index is 12.0. The summed E-state index contributed by atoms with van der Waals surface area (Å²) in [6, 6.07) is 7.00. The topological polar surface area (TPSA) is 59.8 Å². The summed E-state index contributed by atoms with van der Waals surface area (Å²) < 4.78 is 1.77. The van der Waals surface area contributed by atoms with Crippen molar-refractivity contribution in [3.05, 3.63) is 35.6 Å². The second-order valence-corrected chi connectivity index (χ2v) is 5.73. The molecule has 1 heterocycles. The van der Waals surface area contributed by atoms with Crippen LogP contribution in [0.5, 0.6) is 0 Å². The van der Waals surface area contributed by atoms with E-state index >= 15 is 0 Å². The Kier molecular flexibility index (Phi) is 4.44. The van der Waals surface area contributed by atoms with Gasteiger partial charge in [0.2, 0.25) is 5.91 Å². The number of rotatable bonds is 4. The molecule has 100 valence electrons. The summed E-state index contributed by atoms with van der Waals surface area (Å²) in [6.45, 7) is 1.82. The molecule has 2 aromatic rings. The number of amides is 1. The average Bonchev–Trinajstić information content (AvgIpc) is 2.78. The standard InChI is InChI=1S/C12H13ClN4OS/c1-8(19-12-16-14-7-17(12)2)11(18)15-10-5-3-9(13)4-6-10/h3-8H,1-2H3,(H,15,18)/t8-/m0/s1. The van der Waals surface area contributed by atoms with Gasteiger partial charge >= 0.3 is 0 Å². The molecule has 0 radical (unpaired) electrons. The lowest BCUT2D eigenvalue weighted by Gasteiger charge is -2.11. The molecule has 1 aromatic heterocycles. The number of aryl methyl sites for hydroxylation is 1. The number of hydrogen-bond donors (Lipinski definition) is 1. The summed E-state index contributed by atoms with van der Waals surface area (Å²) in [7, 11) is 1.84. The Hall–Kier alpha value is -1.53. The van der Waals surface area contributed by atoms with Crippen molar-refractivity contribution in [3.63, 3.8) is 0 Å². The minimum absolute atomic E-state index is 0.0877. The van der Waals surface area contributed by atoms with Crippen LogP contribution in [-0.2, 0) is 11.8 Å². The zero-order valence-electron chi connectivity index (χ0n) is 10.5. The molecule has 1 amide bonds. The number of aromatic nitrogens is 3. The minimum atomic E-state index is -0.265. The molecule has 0 aliphatic carbocycles. The Balaban J connectivity index is 1.96. The maximum absolute atomic E-state index is 12.0. The van der Waals surface area contributed by atoms with Crippen molar-refractivity contribution in [2.75, 3.05) is 5.32 Å². The van der Waals surface area contributed by atoms with Crippen molar-refractivity contribution >= 4 is 35.0 Å². The monoisotopic (exact) mass is 296 g/mol. The van der Waals surface area contributed by atoms with Gasteiger partial charge in [-0.1, -0.05) is 23.4 Å². The lowest BCUT2D eigenvalue weighted by molar-refractivity contribution is -0.115. The van der Waals surface area contributed by atoms with E-state index in [2.05, 4.69) is 15.5 Å². The van der Waals surface area contributed by atoms with Crippen LogP contribution in [0.15, 0.2) is 35.7 Å². The van der Waals surface area contributed by atoms with Gasteiger partial charge in [0.05, 0.1) is 5.25 Å². The quantitative estimate of drug-likeness (QED) is 0.881. The number of thioether (sulfide) groups is 1. The number of halogens is 1. The first-order chi connectivity index (χ1) is 9.06. The molecule has 0 saturated carbocycles. The zero-order chi connectivity index (χ0) is 13.8. The molecule has 0 aliphatic rings. The first kappa shape index (κ1) is 13.9. The lowest BCUT2D eigenvalue weighted by atomic mass is 10.3. The van der Waals surface area contributed by atoms with Gasteiger partial charge in [-0.3, -0.25) is 4.79 Å². The van der Waals surface area contributed by atoms with E-state index in [4.69, 9.17) is 11.6 Å². The summed E-state index contributed by atoms with van der Waals surface area (Å²) in [4.78, 5) is 12.0. The minimum Gasteiger partial charge on any atom is -0.325 e. The van der Waals surface area contributed by atoms with E-state index in [0.717, 1.165) is 5.69 Å². The number of nitrogens with zero attached hydrogens (tertiary/aromatic N) is 3. The van der Waals surface area contributed by atoms with Gasteiger partial charge in [-0.2, -0.15) is 0 Å². The largest absolute Gasteiger partial charge is 0.325 e. The third-order valence-electron chi connectivity index (χ3n) is 2.43. The highest BCUT2D eigenvalue weighted by Gasteiger charge is 2.17. The number of nitrogens with one attached hydrogen (secondary N) is 1. The molecule has 0 unspecified atom stereocenters. The van der Waals surface area contributed by atoms with Gasteiger partial charge in [0.1, 0.15) is 6.33 Å². The van der Waals surface area contributed by atoms with Crippen molar-refractivity contribution in [2.24, 2.45) is 7.05 Å². The lowest BCUT2D eigenvalue weighted by Crippen LogP contribution is -2.22. The van der Waals surface area contributed by atoms with Gasteiger partial charge in [0, 0.05) is 17.8 Å². The number of benzene rings is 1. The molecule has 0 spiro atoms. The zero-order valence-corrected chi connectivity index (χ0v) is 12.1. The van der Waals surface area contributed by atoms with E-state index in [0.29, 0.717) is 10.2 Å². The summed E-state index contributed by atoms with van der Waals surface area (Å²) in [5.74, 6) is -0.0877. The fourth-order valence-corrected chi connectivity index (χ4v) is 2.28. The average molecular weight is 297 g/mol. The highest BCUT2D eigenvalue weighted by atomic mass is 35.5. The van der Waals surface area contributed by atoms with E-state index < -0.39 is 0 Å². The van der Waals surface area contributed by atoms with Crippen LogP contribution in [0.2, 0.25) is 5.02 Å². The van der Waals surface area contributed by atoms with Gasteiger partial charge in [-0.15, -0.1) is 10.2 Å². The molecule has 1 atom stereocenters. The predicted molar refractivity (Wildman–Crippen MR) is 76.4 cm³/mol. The first-order valence-electron chi connectivity index (χ1n) is 5.63. The number of carbonyl (C=O) groups is 1. The van der Waals surface area contributed by atoms with Gasteiger partial charge in [-0.05, 0) is 31.2 Å². The molecule has 0 saturated heterocycles. The van der Waals surface area contributed by atoms with Crippen molar-refractivity contribution in [1.82, 2.24) is 14.8 Å². The Morgan fingerprint density at radius 1 is 1.42 bits per heavy atom. The van der Waals surface area contributed by atoms with Crippen LogP contribution in [0, 0.1) is 0 Å². The molecular weight excluding hydrogens is 284 g/mol. The predicted octanol–water partition coefficient (Wildman–Crippen LogP) is 2.59. The van der Waals surface area contributed by atoms with Crippen LogP contribution in [0.25, 0.3) is 0 Å². The molecule has 1 aromatic carbocycles. The molecule has 1 N–H and O–H groups in total. The Morgan fingerprint density at radius 3 is 2.68 bits per heavy atom. The second kappa shape index (κ2) is 6.08. The normalized spacial score (nSPS) is 12.2. The van der Waals surface area contributed by atoms with Crippen LogP contribution in [0.1, 0.15) is 6.92 Å². The highest BCUT2D eigenvalue weighted by Crippen LogP contribution is 2.21. The molecule has 19 heavy (non-hydrogen) atoms. The third-order valence-corrected chi connectivity index (χ3v) is 3.83. The van der Waals surface area contributed by atoms with Crippen LogP contribution in [0.3, 0.4) is 0 Å². The summed E-state index contributed by atoms with van der Waals surface area (Å²) >= 11 is 7.15. The van der Waals surface area contributed by atoms with Gasteiger partial charge < -0.3 is 9.88 Å². The fraction of sp³-hybridized carbons (Fsp3) is 0.250. The van der Waals surface area contributed by atoms with E-state index in [1.54, 1.807) is 35.2 Å². The Labute approximate surface area is 120 Å². The first-order valence-corrected chi connectivity index (χ1v) is 6.89. The van der Waals surface area contributed by atoms with Crippen molar-refractivity contribution in [3.8, 4) is 0 Å². The smallest absolute Gasteiger partial charge is 0.237 e. The molecule has 0 bridgehead atoms. The molecular formula is C12H13ClN4OS. The number of carbonyl (C=O) groups excluding carboxylic acids is 1. The van der Waals surface area contributed by atoms with E-state index in [9.17, 15) is 4.79 Å². The van der Waals surface area contributed by atoms with Crippen molar-refractivity contribution in [1.29, 1.82) is 0 Å². The van der Waals surface area contributed by atoms with Gasteiger partial charge in [0.25, 0.3) is 0 Å². The summed E-state index contributed by atoms with van der Waals surface area (Å²) in [6.07, 6.45) is 1.60. The number of hydrogen-bond acceptors (Lipinski definition) is 4. The van der Waals surface area contributed by atoms with Crippen molar-refractivity contribution in [2.45, 2.75) is 17.3 Å². The van der Waals surface area contributed by atoms with Crippen molar-refractivity contribution < 1.29 is 4.79 Å². The van der Waals surface area contributed by atoms with E-state index in [-0.39, 0.29) is 11.2 Å². The molecule has 0 aliphatic heterocycles. The third kappa shape index (κ3) is 3.71. The molecule has 2 rings (SSSR count). The fourth-order valence-electron chi connectivity index (χ4n) is 1.37. The maximum Gasteiger partial charge on any atom is 0.237 e. The van der Waals surface area contributed by atoms with Gasteiger partial charge in [-0.25, -0.2) is 0 Å². The molecule has 7 heteroatoms. The van der Waals surface area contributed by atoms with Crippen LogP contribution < -0.4 is 5.32 Å². The highest BCUT2D eigenvalue weighted by molar-refractivity contribution is 8.00. The SMILES string of the molecule is C[C@H](Sc1nncn1C)C(=O)Nc1ccc(Cl)cc1. The summed E-state index contributed by atoms with van der Waals surface area (Å²) in [5.41, 5.74) is 0.722. The molecule has 0 fully saturated rings. The van der Waals surface area contributed by atoms with E-state index in [1.807, 2.05) is 14.0 Å². The van der Waals surface area contributed by atoms with Crippen LogP contribution >= 0.6 is 23.4 Å². The van der Waals surface area contributed by atoms with Crippen LogP contribution in [-0.4, -0.2) is 25.9 Å². The number of anilines is 1. The molecule has 5 nitrogen and oxygen atoms in total. The van der Waals surface area contributed by atoms with Gasteiger partial charge in [0.15, 0.2) is 5.16 Å². The Morgan fingerprint density at radius 2 is 2.11 bits per heavy atom. The Bertz CT molecular complexity index is 569. The van der Waals surface area contributed by atoms with E-state index in [1.165, 1.54) is 11.8 Å². The second-order valence-electron chi connectivity index (χ2n) is 3.98.